The fourth-order valence-corrected chi connectivity index (χ4v) is 1.89. The minimum absolute atomic E-state index is 0.0121. The van der Waals surface area contributed by atoms with Crippen molar-refractivity contribution in [2.75, 3.05) is 6.54 Å². The van der Waals surface area contributed by atoms with Crippen LogP contribution in [0.4, 0.5) is 0 Å². The van der Waals surface area contributed by atoms with Crippen molar-refractivity contribution in [3.8, 4) is 0 Å². The van der Waals surface area contributed by atoms with Gasteiger partial charge in [-0.05, 0) is 25.5 Å². The van der Waals surface area contributed by atoms with Crippen molar-refractivity contribution < 1.29 is 9.63 Å². The second kappa shape index (κ2) is 5.62. The van der Waals surface area contributed by atoms with Crippen LogP contribution in [0.5, 0.6) is 0 Å². The number of carbonyl (C=O) groups is 1. The van der Waals surface area contributed by atoms with E-state index in [1.807, 2.05) is 26.0 Å². The Balaban J connectivity index is 1.99. The summed E-state index contributed by atoms with van der Waals surface area (Å²) in [4.78, 5) is 23.2. The van der Waals surface area contributed by atoms with Gasteiger partial charge in [-0.25, -0.2) is 0 Å². The number of likely N-dealkylation sites (N-methyl/N-ethyl adjacent to an activating group) is 1. The van der Waals surface area contributed by atoms with Crippen molar-refractivity contribution in [1.82, 2.24) is 9.88 Å². The molecule has 1 aliphatic heterocycles. The van der Waals surface area contributed by atoms with Gasteiger partial charge in [0.1, 0.15) is 0 Å². The van der Waals surface area contributed by atoms with E-state index in [1.165, 1.54) is 0 Å². The molecule has 5 heteroatoms. The molecular weight excluding hydrogens is 230 g/mol. The van der Waals surface area contributed by atoms with Crippen molar-refractivity contribution in [3.63, 3.8) is 0 Å². The Morgan fingerprint density at radius 3 is 3.00 bits per heavy atom. The summed E-state index contributed by atoms with van der Waals surface area (Å²) in [5, 5.41) is 3.82. The predicted octanol–water partition coefficient (Wildman–Crippen LogP) is 1.59. The number of hydrogen-bond acceptors (Lipinski definition) is 4. The van der Waals surface area contributed by atoms with E-state index >= 15 is 0 Å². The van der Waals surface area contributed by atoms with Gasteiger partial charge in [0.2, 0.25) is 6.10 Å². The molecule has 18 heavy (non-hydrogen) atoms. The molecule has 0 N–H and O–H groups in total. The van der Waals surface area contributed by atoms with E-state index in [-0.39, 0.29) is 5.91 Å². The fraction of sp³-hybridized carbons (Fsp3) is 0.462. The van der Waals surface area contributed by atoms with Crippen LogP contribution in [0.3, 0.4) is 0 Å². The fourth-order valence-electron chi connectivity index (χ4n) is 1.89. The van der Waals surface area contributed by atoms with Gasteiger partial charge in [-0.1, -0.05) is 11.2 Å². The summed E-state index contributed by atoms with van der Waals surface area (Å²) in [5.74, 6) is -0.0121. The number of amides is 1. The van der Waals surface area contributed by atoms with E-state index in [4.69, 9.17) is 4.84 Å². The minimum atomic E-state index is -0.457. The molecule has 1 aromatic rings. The Kier molecular flexibility index (Phi) is 3.92. The van der Waals surface area contributed by atoms with Crippen LogP contribution in [0, 0.1) is 0 Å². The smallest absolute Gasteiger partial charge is 0.267 e. The minimum Gasteiger partial charge on any atom is -0.382 e. The Labute approximate surface area is 106 Å². The standard InChI is InChI=1S/C13H17N3O2/c1-3-16(9-11-5-4-6-14-8-11)13(17)12-7-10(2)15-18-12/h4-6,8,12H,3,7,9H2,1-2H3/t12-/m0/s1. The molecule has 1 aliphatic rings. The topological polar surface area (TPSA) is 54.8 Å². The predicted molar refractivity (Wildman–Crippen MR) is 67.9 cm³/mol. The molecule has 0 aliphatic carbocycles. The zero-order chi connectivity index (χ0) is 13.0. The van der Waals surface area contributed by atoms with E-state index in [1.54, 1.807) is 17.3 Å². The summed E-state index contributed by atoms with van der Waals surface area (Å²) >= 11 is 0. The molecule has 0 spiro atoms. The van der Waals surface area contributed by atoms with E-state index < -0.39 is 6.10 Å². The largest absolute Gasteiger partial charge is 0.382 e. The van der Waals surface area contributed by atoms with Crippen LogP contribution in [-0.4, -0.2) is 34.2 Å². The Bertz CT molecular complexity index is 445. The van der Waals surface area contributed by atoms with Crippen LogP contribution >= 0.6 is 0 Å². The van der Waals surface area contributed by atoms with Crippen LogP contribution in [0.1, 0.15) is 25.8 Å². The van der Waals surface area contributed by atoms with Crippen LogP contribution < -0.4 is 0 Å². The molecule has 1 amide bonds. The maximum Gasteiger partial charge on any atom is 0.267 e. The average Bonchev–Trinajstić information content (AvgIpc) is 2.83. The molecule has 0 aromatic carbocycles. The van der Waals surface area contributed by atoms with Gasteiger partial charge in [-0.3, -0.25) is 9.78 Å². The highest BCUT2D eigenvalue weighted by atomic mass is 16.6. The Hall–Kier alpha value is -1.91. The number of rotatable bonds is 4. The van der Waals surface area contributed by atoms with Crippen LogP contribution in [0.15, 0.2) is 29.7 Å². The first-order valence-corrected chi connectivity index (χ1v) is 6.07. The molecule has 0 bridgehead atoms. The van der Waals surface area contributed by atoms with Gasteiger partial charge in [0.05, 0.1) is 5.71 Å². The summed E-state index contributed by atoms with van der Waals surface area (Å²) in [6, 6.07) is 3.83. The number of pyridine rings is 1. The lowest BCUT2D eigenvalue weighted by molar-refractivity contribution is -0.142. The number of hydrogen-bond donors (Lipinski definition) is 0. The zero-order valence-electron chi connectivity index (χ0n) is 10.7. The molecule has 0 fully saturated rings. The maximum absolute atomic E-state index is 12.2. The molecule has 2 rings (SSSR count). The summed E-state index contributed by atoms with van der Waals surface area (Å²) in [5.41, 5.74) is 1.88. The Morgan fingerprint density at radius 1 is 1.61 bits per heavy atom. The average molecular weight is 247 g/mol. The molecule has 2 heterocycles. The van der Waals surface area contributed by atoms with E-state index in [2.05, 4.69) is 10.1 Å². The van der Waals surface area contributed by atoms with Crippen LogP contribution in [0.2, 0.25) is 0 Å². The molecule has 5 nitrogen and oxygen atoms in total. The number of nitrogens with zero attached hydrogens (tertiary/aromatic N) is 3. The van der Waals surface area contributed by atoms with E-state index in [0.29, 0.717) is 19.5 Å². The molecule has 0 radical (unpaired) electrons. The molecule has 1 aromatic heterocycles. The van der Waals surface area contributed by atoms with Gasteiger partial charge in [-0.2, -0.15) is 0 Å². The summed E-state index contributed by atoms with van der Waals surface area (Å²) in [7, 11) is 0. The van der Waals surface area contributed by atoms with Crippen molar-refractivity contribution in [2.24, 2.45) is 5.16 Å². The van der Waals surface area contributed by atoms with Crippen molar-refractivity contribution in [2.45, 2.75) is 32.9 Å². The van der Waals surface area contributed by atoms with Crippen LogP contribution in [-0.2, 0) is 16.2 Å². The van der Waals surface area contributed by atoms with Crippen molar-refractivity contribution in [1.29, 1.82) is 0 Å². The molecule has 0 saturated carbocycles. The summed E-state index contributed by atoms with van der Waals surface area (Å²) < 4.78 is 0. The second-order valence-corrected chi connectivity index (χ2v) is 4.34. The lowest BCUT2D eigenvalue weighted by atomic mass is 10.1. The SMILES string of the molecule is CCN(Cc1cccnc1)C(=O)[C@@H]1CC(C)=NO1. The molecule has 0 saturated heterocycles. The van der Waals surface area contributed by atoms with Gasteiger partial charge >= 0.3 is 0 Å². The van der Waals surface area contributed by atoms with Gasteiger partial charge in [0.25, 0.3) is 5.91 Å². The molecule has 1 atom stereocenters. The van der Waals surface area contributed by atoms with Crippen molar-refractivity contribution in [3.05, 3.63) is 30.1 Å². The first-order chi connectivity index (χ1) is 8.70. The third kappa shape index (κ3) is 2.85. The highest BCUT2D eigenvalue weighted by molar-refractivity contribution is 5.91. The normalized spacial score (nSPS) is 18.1. The lowest BCUT2D eigenvalue weighted by Gasteiger charge is -2.23. The monoisotopic (exact) mass is 247 g/mol. The third-order valence-electron chi connectivity index (χ3n) is 2.88. The number of oxime groups is 1. The first kappa shape index (κ1) is 12.5. The van der Waals surface area contributed by atoms with Gasteiger partial charge in [-0.15, -0.1) is 0 Å². The number of aromatic nitrogens is 1. The summed E-state index contributed by atoms with van der Waals surface area (Å²) in [6.45, 7) is 5.02. The first-order valence-electron chi connectivity index (χ1n) is 6.07. The second-order valence-electron chi connectivity index (χ2n) is 4.34. The number of carbonyl (C=O) groups excluding carboxylic acids is 1. The lowest BCUT2D eigenvalue weighted by Crippen LogP contribution is -2.38. The quantitative estimate of drug-likeness (QED) is 0.812. The van der Waals surface area contributed by atoms with Gasteiger partial charge < -0.3 is 9.74 Å². The highest BCUT2D eigenvalue weighted by Crippen LogP contribution is 2.14. The highest BCUT2D eigenvalue weighted by Gasteiger charge is 2.29. The molecular formula is C13H17N3O2. The van der Waals surface area contributed by atoms with Gasteiger partial charge in [0.15, 0.2) is 0 Å². The third-order valence-corrected chi connectivity index (χ3v) is 2.88. The zero-order valence-corrected chi connectivity index (χ0v) is 10.7. The molecule has 96 valence electrons. The Morgan fingerprint density at radius 2 is 2.44 bits per heavy atom. The molecule has 0 unspecified atom stereocenters. The maximum atomic E-state index is 12.2. The van der Waals surface area contributed by atoms with E-state index in [9.17, 15) is 4.79 Å². The van der Waals surface area contributed by atoms with Crippen molar-refractivity contribution >= 4 is 11.6 Å². The van der Waals surface area contributed by atoms with E-state index in [0.717, 1.165) is 11.3 Å². The van der Waals surface area contributed by atoms with Gasteiger partial charge in [0, 0.05) is 31.9 Å². The summed E-state index contributed by atoms with van der Waals surface area (Å²) in [6.07, 6.45) is 3.62. The van der Waals surface area contributed by atoms with Crippen LogP contribution in [0.25, 0.3) is 0 Å².